The standard InChI is InChI=1S/C17H15ClN6O2S2/c1-8(6-26-9(2)25)24-15-12(14(19)20-7-21-15)23-16(24)28-17-22-11-5-3-4-10(18)13(11)27-17/h3-5,7-8H,6H2,1-2H3,(H2,19,20,21). The highest BCUT2D eigenvalue weighted by Gasteiger charge is 2.22. The van der Waals surface area contributed by atoms with Gasteiger partial charge in [-0.3, -0.25) is 9.36 Å². The van der Waals surface area contributed by atoms with Gasteiger partial charge in [0.2, 0.25) is 0 Å². The lowest BCUT2D eigenvalue weighted by Crippen LogP contribution is -2.15. The van der Waals surface area contributed by atoms with Crippen LogP contribution in [0.2, 0.25) is 5.02 Å². The van der Waals surface area contributed by atoms with Gasteiger partial charge in [0.15, 0.2) is 26.5 Å². The van der Waals surface area contributed by atoms with Gasteiger partial charge in [0.1, 0.15) is 12.9 Å². The van der Waals surface area contributed by atoms with Crippen molar-refractivity contribution in [2.24, 2.45) is 0 Å². The summed E-state index contributed by atoms with van der Waals surface area (Å²) < 4.78 is 8.76. The molecule has 0 aliphatic carbocycles. The molecule has 1 unspecified atom stereocenters. The first-order valence-corrected chi connectivity index (χ1v) is 10.3. The molecule has 4 aromatic rings. The number of carbonyl (C=O) groups excluding carboxylic acids is 1. The Balaban J connectivity index is 1.78. The van der Waals surface area contributed by atoms with Crippen LogP contribution in [0.1, 0.15) is 19.9 Å². The van der Waals surface area contributed by atoms with E-state index in [0.29, 0.717) is 21.3 Å². The van der Waals surface area contributed by atoms with E-state index in [4.69, 9.17) is 22.1 Å². The van der Waals surface area contributed by atoms with Crippen molar-refractivity contribution in [3.63, 3.8) is 0 Å². The number of anilines is 1. The molecule has 0 radical (unpaired) electrons. The average Bonchev–Trinajstić information content (AvgIpc) is 3.22. The highest BCUT2D eigenvalue weighted by molar-refractivity contribution is 8.01. The molecular weight excluding hydrogens is 420 g/mol. The van der Waals surface area contributed by atoms with E-state index in [9.17, 15) is 4.79 Å². The number of imidazole rings is 1. The summed E-state index contributed by atoms with van der Waals surface area (Å²) in [5, 5.41) is 1.30. The van der Waals surface area contributed by atoms with Crippen molar-refractivity contribution in [3.05, 3.63) is 29.5 Å². The summed E-state index contributed by atoms with van der Waals surface area (Å²) in [6.45, 7) is 3.48. The SMILES string of the molecule is CC(=O)OCC(C)n1c(Sc2nc3cccc(Cl)c3s2)nc2c(N)ncnc21. The second kappa shape index (κ2) is 7.53. The first-order chi connectivity index (χ1) is 13.4. The Morgan fingerprint density at radius 1 is 1.39 bits per heavy atom. The van der Waals surface area contributed by atoms with E-state index in [-0.39, 0.29) is 24.4 Å². The largest absolute Gasteiger partial charge is 0.464 e. The van der Waals surface area contributed by atoms with Gasteiger partial charge >= 0.3 is 5.97 Å². The fourth-order valence-corrected chi connectivity index (χ4v) is 5.13. The third-order valence-electron chi connectivity index (χ3n) is 3.97. The highest BCUT2D eigenvalue weighted by atomic mass is 35.5. The molecule has 3 heterocycles. The first kappa shape index (κ1) is 18.9. The molecule has 0 spiro atoms. The molecule has 1 atom stereocenters. The molecule has 8 nitrogen and oxygen atoms in total. The maximum Gasteiger partial charge on any atom is 0.302 e. The third-order valence-corrected chi connectivity index (χ3v) is 6.53. The summed E-state index contributed by atoms with van der Waals surface area (Å²) in [6.07, 6.45) is 1.39. The molecule has 0 amide bonds. The first-order valence-electron chi connectivity index (χ1n) is 8.28. The number of fused-ring (bicyclic) bond motifs is 2. The van der Waals surface area contributed by atoms with Crippen LogP contribution in [0.15, 0.2) is 34.0 Å². The summed E-state index contributed by atoms with van der Waals surface area (Å²) in [6, 6.07) is 5.41. The quantitative estimate of drug-likeness (QED) is 0.470. The lowest BCUT2D eigenvalue weighted by atomic mass is 10.3. The van der Waals surface area contributed by atoms with Crippen LogP contribution in [-0.2, 0) is 9.53 Å². The minimum absolute atomic E-state index is 0.184. The topological polar surface area (TPSA) is 109 Å². The zero-order chi connectivity index (χ0) is 19.8. The van der Waals surface area contributed by atoms with E-state index >= 15 is 0 Å². The molecule has 144 valence electrons. The van der Waals surface area contributed by atoms with Crippen LogP contribution in [-0.4, -0.2) is 37.1 Å². The molecule has 2 N–H and O–H groups in total. The van der Waals surface area contributed by atoms with Crippen molar-refractivity contribution in [2.45, 2.75) is 29.4 Å². The maximum atomic E-state index is 11.2. The normalized spacial score (nSPS) is 12.5. The van der Waals surface area contributed by atoms with Crippen molar-refractivity contribution in [2.75, 3.05) is 12.3 Å². The molecule has 11 heteroatoms. The molecule has 0 aliphatic rings. The fourth-order valence-electron chi connectivity index (χ4n) is 2.70. The van der Waals surface area contributed by atoms with Crippen LogP contribution in [0.5, 0.6) is 0 Å². The predicted octanol–water partition coefficient (Wildman–Crippen LogP) is 3.95. The number of hydrogen-bond acceptors (Lipinski definition) is 9. The van der Waals surface area contributed by atoms with Crippen LogP contribution in [0, 0.1) is 0 Å². The molecule has 4 rings (SSSR count). The van der Waals surface area contributed by atoms with Crippen LogP contribution < -0.4 is 5.73 Å². The van der Waals surface area contributed by atoms with Gasteiger partial charge < -0.3 is 10.5 Å². The van der Waals surface area contributed by atoms with Crippen LogP contribution >= 0.6 is 34.7 Å². The van der Waals surface area contributed by atoms with E-state index in [1.807, 2.05) is 29.7 Å². The smallest absolute Gasteiger partial charge is 0.302 e. The number of rotatable bonds is 5. The van der Waals surface area contributed by atoms with E-state index in [2.05, 4.69) is 19.9 Å². The third kappa shape index (κ3) is 3.50. The van der Waals surface area contributed by atoms with E-state index in [1.54, 1.807) is 0 Å². The maximum absolute atomic E-state index is 11.2. The average molecular weight is 435 g/mol. The van der Waals surface area contributed by atoms with Crippen LogP contribution in [0.4, 0.5) is 5.82 Å². The van der Waals surface area contributed by atoms with E-state index in [1.165, 1.54) is 36.3 Å². The van der Waals surface area contributed by atoms with Gasteiger partial charge in [-0.25, -0.2) is 19.9 Å². The van der Waals surface area contributed by atoms with Gasteiger partial charge in [0.25, 0.3) is 0 Å². The Morgan fingerprint density at radius 3 is 2.96 bits per heavy atom. The zero-order valence-electron chi connectivity index (χ0n) is 14.9. The number of nitrogens with zero attached hydrogens (tertiary/aromatic N) is 5. The Hall–Kier alpha value is -2.43. The Labute approximate surface area is 173 Å². The van der Waals surface area contributed by atoms with Crippen molar-refractivity contribution < 1.29 is 9.53 Å². The monoisotopic (exact) mass is 434 g/mol. The number of aromatic nitrogens is 5. The summed E-state index contributed by atoms with van der Waals surface area (Å²) >= 11 is 9.14. The molecule has 3 aromatic heterocycles. The number of benzene rings is 1. The molecular formula is C17H15ClN6O2S2. The van der Waals surface area contributed by atoms with Crippen LogP contribution in [0.25, 0.3) is 21.4 Å². The number of esters is 1. The molecule has 0 saturated carbocycles. The summed E-state index contributed by atoms with van der Waals surface area (Å²) in [4.78, 5) is 28.8. The molecule has 0 bridgehead atoms. The number of carbonyl (C=O) groups is 1. The minimum atomic E-state index is -0.347. The molecule has 0 saturated heterocycles. The van der Waals surface area contributed by atoms with Crippen molar-refractivity contribution in [3.8, 4) is 0 Å². The second-order valence-electron chi connectivity index (χ2n) is 6.02. The van der Waals surface area contributed by atoms with Gasteiger partial charge in [0, 0.05) is 6.92 Å². The van der Waals surface area contributed by atoms with Gasteiger partial charge in [-0.15, -0.1) is 11.3 Å². The number of ether oxygens (including phenoxy) is 1. The number of nitrogen functional groups attached to an aromatic ring is 1. The fraction of sp³-hybridized carbons (Fsp3) is 0.235. The lowest BCUT2D eigenvalue weighted by Gasteiger charge is -2.15. The number of nitrogens with two attached hydrogens (primary N) is 1. The molecule has 0 aliphatic heterocycles. The second-order valence-corrected chi connectivity index (χ2v) is 8.64. The Morgan fingerprint density at radius 2 is 2.21 bits per heavy atom. The predicted molar refractivity (Wildman–Crippen MR) is 110 cm³/mol. The van der Waals surface area contributed by atoms with Gasteiger partial charge in [-0.1, -0.05) is 17.7 Å². The lowest BCUT2D eigenvalue weighted by molar-refractivity contribution is -0.141. The Kier molecular flexibility index (Phi) is 5.09. The van der Waals surface area contributed by atoms with Crippen molar-refractivity contribution >= 4 is 67.9 Å². The van der Waals surface area contributed by atoms with Crippen molar-refractivity contribution in [1.29, 1.82) is 0 Å². The van der Waals surface area contributed by atoms with Gasteiger partial charge in [-0.2, -0.15) is 0 Å². The zero-order valence-corrected chi connectivity index (χ0v) is 17.3. The Bertz CT molecular complexity index is 1190. The van der Waals surface area contributed by atoms with E-state index in [0.717, 1.165) is 14.6 Å². The number of thiazole rings is 1. The van der Waals surface area contributed by atoms with E-state index < -0.39 is 0 Å². The van der Waals surface area contributed by atoms with Gasteiger partial charge in [0.05, 0.1) is 21.3 Å². The molecule has 28 heavy (non-hydrogen) atoms. The summed E-state index contributed by atoms with van der Waals surface area (Å²) in [5.41, 5.74) is 7.89. The minimum Gasteiger partial charge on any atom is -0.464 e. The molecule has 0 fully saturated rings. The number of halogens is 1. The molecule has 1 aromatic carbocycles. The highest BCUT2D eigenvalue weighted by Crippen LogP contribution is 2.39. The van der Waals surface area contributed by atoms with Crippen LogP contribution in [0.3, 0.4) is 0 Å². The number of hydrogen-bond donors (Lipinski definition) is 1. The van der Waals surface area contributed by atoms with Gasteiger partial charge in [-0.05, 0) is 30.8 Å². The summed E-state index contributed by atoms with van der Waals surface area (Å²) in [7, 11) is 0. The van der Waals surface area contributed by atoms with Crippen molar-refractivity contribution in [1.82, 2.24) is 24.5 Å². The summed E-state index contributed by atoms with van der Waals surface area (Å²) in [5.74, 6) is -0.0574.